The molecule has 0 unspecified atom stereocenters. The Morgan fingerprint density at radius 2 is 1.61 bits per heavy atom. The zero-order chi connectivity index (χ0) is 21.7. The van der Waals surface area contributed by atoms with Crippen molar-refractivity contribution in [3.63, 3.8) is 0 Å². The molecule has 4 saturated carbocycles. The first-order valence-corrected chi connectivity index (χ1v) is 12.3. The number of benzene rings is 1. The Balaban J connectivity index is 1.12. The molecular weight excluding hydrogens is 388 g/mol. The molecule has 1 aromatic carbocycles. The van der Waals surface area contributed by atoms with Crippen molar-refractivity contribution in [3.05, 3.63) is 29.8 Å². The van der Waals surface area contributed by atoms with E-state index in [-0.39, 0.29) is 17.2 Å². The molecule has 0 spiro atoms. The normalized spacial score (nSPS) is 28.4. The van der Waals surface area contributed by atoms with E-state index in [9.17, 15) is 9.59 Å². The number of nitrogens with one attached hydrogen (secondary N) is 2. The molecule has 4 aliphatic carbocycles. The lowest BCUT2D eigenvalue weighted by Crippen LogP contribution is -2.53. The predicted molar refractivity (Wildman–Crippen MR) is 122 cm³/mol. The van der Waals surface area contributed by atoms with Gasteiger partial charge < -0.3 is 15.4 Å². The monoisotopic (exact) mass is 426 g/mol. The number of hydrogen-bond donors (Lipinski definition) is 2. The van der Waals surface area contributed by atoms with E-state index in [0.717, 1.165) is 68.6 Å². The van der Waals surface area contributed by atoms with E-state index >= 15 is 0 Å². The number of carbonyl (C=O) groups excluding carboxylic acids is 2. The van der Waals surface area contributed by atoms with E-state index < -0.39 is 0 Å². The molecule has 0 saturated heterocycles. The fraction of sp³-hybridized carbons (Fsp3) is 0.692. The molecular formula is C26H38N2O3. The molecule has 2 amide bonds. The van der Waals surface area contributed by atoms with Crippen molar-refractivity contribution in [1.29, 1.82) is 0 Å². The van der Waals surface area contributed by atoms with E-state index in [1.54, 1.807) is 0 Å². The third-order valence-electron chi connectivity index (χ3n) is 7.58. The van der Waals surface area contributed by atoms with Crippen LogP contribution in [0.15, 0.2) is 24.3 Å². The Bertz CT molecular complexity index is 723. The summed E-state index contributed by atoms with van der Waals surface area (Å²) in [6, 6.07) is 8.10. The van der Waals surface area contributed by atoms with Crippen molar-refractivity contribution in [1.82, 2.24) is 10.6 Å². The van der Waals surface area contributed by atoms with E-state index in [0.29, 0.717) is 19.5 Å². The molecule has 170 valence electrons. The first-order valence-electron chi connectivity index (χ1n) is 12.3. The number of hydrogen-bond acceptors (Lipinski definition) is 3. The zero-order valence-corrected chi connectivity index (χ0v) is 19.0. The van der Waals surface area contributed by atoms with Crippen molar-refractivity contribution < 1.29 is 14.3 Å². The molecule has 0 radical (unpaired) electrons. The van der Waals surface area contributed by atoms with E-state index in [2.05, 4.69) is 29.7 Å². The van der Waals surface area contributed by atoms with Crippen LogP contribution in [0.5, 0.6) is 5.75 Å². The van der Waals surface area contributed by atoms with Gasteiger partial charge in [0.05, 0.1) is 6.61 Å². The Kier molecular flexibility index (Phi) is 7.19. The highest BCUT2D eigenvalue weighted by Gasteiger charge is 2.54. The predicted octanol–water partition coefficient (Wildman–Crippen LogP) is 4.25. The molecule has 0 atom stereocenters. The van der Waals surface area contributed by atoms with Gasteiger partial charge in [0, 0.05) is 24.9 Å². The van der Waals surface area contributed by atoms with Gasteiger partial charge in [-0.3, -0.25) is 9.59 Å². The van der Waals surface area contributed by atoms with Gasteiger partial charge in [-0.2, -0.15) is 0 Å². The standard InChI is InChI=1S/C26H38N2O3/c1-2-3-12-31-23-6-4-19(5-7-23)8-10-27-24(29)9-11-28-25(30)26-16-20-13-21(17-26)15-22(14-20)18-26/h4-7,20-22H,2-3,8-18H2,1H3,(H,27,29)(H,28,30). The summed E-state index contributed by atoms with van der Waals surface area (Å²) in [5.74, 6) is 3.40. The second-order valence-electron chi connectivity index (χ2n) is 10.1. The molecule has 5 rings (SSSR count). The number of ether oxygens (including phenoxy) is 1. The van der Waals surface area contributed by atoms with Crippen LogP contribution in [0.4, 0.5) is 0 Å². The summed E-state index contributed by atoms with van der Waals surface area (Å²) < 4.78 is 5.68. The van der Waals surface area contributed by atoms with Crippen LogP contribution in [0.3, 0.4) is 0 Å². The van der Waals surface area contributed by atoms with Gasteiger partial charge >= 0.3 is 0 Å². The van der Waals surface area contributed by atoms with Crippen molar-refractivity contribution >= 4 is 11.8 Å². The second-order valence-corrected chi connectivity index (χ2v) is 10.1. The van der Waals surface area contributed by atoms with Gasteiger partial charge in [0.25, 0.3) is 0 Å². The van der Waals surface area contributed by atoms with Crippen LogP contribution < -0.4 is 15.4 Å². The first-order chi connectivity index (χ1) is 15.1. The van der Waals surface area contributed by atoms with Crippen molar-refractivity contribution in [3.8, 4) is 5.75 Å². The highest BCUT2D eigenvalue weighted by Crippen LogP contribution is 2.60. The van der Waals surface area contributed by atoms with Gasteiger partial charge in [-0.25, -0.2) is 0 Å². The van der Waals surface area contributed by atoms with Crippen LogP contribution in [0, 0.1) is 23.2 Å². The molecule has 0 aromatic heterocycles. The van der Waals surface area contributed by atoms with Gasteiger partial charge in [-0.1, -0.05) is 25.5 Å². The fourth-order valence-electron chi connectivity index (χ4n) is 6.39. The smallest absolute Gasteiger partial charge is 0.226 e. The highest BCUT2D eigenvalue weighted by atomic mass is 16.5. The maximum Gasteiger partial charge on any atom is 0.226 e. The van der Waals surface area contributed by atoms with Crippen LogP contribution in [0.2, 0.25) is 0 Å². The quantitative estimate of drug-likeness (QED) is 0.520. The average Bonchev–Trinajstić information content (AvgIpc) is 2.74. The second kappa shape index (κ2) is 10.1. The summed E-state index contributed by atoms with van der Waals surface area (Å²) in [6.45, 7) is 3.96. The molecule has 1 aromatic rings. The minimum Gasteiger partial charge on any atom is -0.494 e. The average molecular weight is 427 g/mol. The summed E-state index contributed by atoms with van der Waals surface area (Å²) in [7, 11) is 0. The van der Waals surface area contributed by atoms with Crippen molar-refractivity contribution in [2.75, 3.05) is 19.7 Å². The van der Waals surface area contributed by atoms with Crippen molar-refractivity contribution in [2.24, 2.45) is 23.2 Å². The maximum absolute atomic E-state index is 12.9. The summed E-state index contributed by atoms with van der Waals surface area (Å²) in [5.41, 5.74) is 1.05. The Hall–Kier alpha value is -2.04. The molecule has 0 aliphatic heterocycles. The third kappa shape index (κ3) is 5.61. The topological polar surface area (TPSA) is 67.4 Å². The van der Waals surface area contributed by atoms with Gasteiger partial charge in [0.15, 0.2) is 0 Å². The summed E-state index contributed by atoms with van der Waals surface area (Å²) >= 11 is 0. The number of unbranched alkanes of at least 4 members (excludes halogenated alkanes) is 1. The van der Waals surface area contributed by atoms with Crippen LogP contribution in [0.1, 0.15) is 70.3 Å². The lowest BCUT2D eigenvalue weighted by molar-refractivity contribution is -0.146. The fourth-order valence-corrected chi connectivity index (χ4v) is 6.39. The molecule has 5 heteroatoms. The van der Waals surface area contributed by atoms with E-state index in [1.807, 2.05) is 12.1 Å². The Morgan fingerprint density at radius 1 is 0.968 bits per heavy atom. The van der Waals surface area contributed by atoms with Gasteiger partial charge in [-0.15, -0.1) is 0 Å². The molecule has 31 heavy (non-hydrogen) atoms. The van der Waals surface area contributed by atoms with Gasteiger partial charge in [0.1, 0.15) is 5.75 Å². The Labute approximate surface area is 186 Å². The van der Waals surface area contributed by atoms with Gasteiger partial charge in [-0.05, 0) is 86.8 Å². The highest BCUT2D eigenvalue weighted by molar-refractivity contribution is 5.84. The van der Waals surface area contributed by atoms with Crippen molar-refractivity contribution in [2.45, 2.75) is 71.1 Å². The number of rotatable bonds is 11. The molecule has 4 aliphatic rings. The van der Waals surface area contributed by atoms with E-state index in [1.165, 1.54) is 24.8 Å². The third-order valence-corrected chi connectivity index (χ3v) is 7.58. The minimum absolute atomic E-state index is 0.00494. The van der Waals surface area contributed by atoms with Crippen LogP contribution in [0.25, 0.3) is 0 Å². The Morgan fingerprint density at radius 3 is 2.23 bits per heavy atom. The first kappa shape index (κ1) is 22.2. The molecule has 5 nitrogen and oxygen atoms in total. The van der Waals surface area contributed by atoms with E-state index in [4.69, 9.17) is 4.74 Å². The van der Waals surface area contributed by atoms with Crippen LogP contribution in [-0.2, 0) is 16.0 Å². The molecule has 4 fully saturated rings. The molecule has 2 N–H and O–H groups in total. The number of amides is 2. The van der Waals surface area contributed by atoms with Gasteiger partial charge in [0.2, 0.25) is 11.8 Å². The zero-order valence-electron chi connectivity index (χ0n) is 19.0. The minimum atomic E-state index is -0.127. The van der Waals surface area contributed by atoms with Crippen LogP contribution >= 0.6 is 0 Å². The summed E-state index contributed by atoms with van der Waals surface area (Å²) in [4.78, 5) is 25.1. The summed E-state index contributed by atoms with van der Waals surface area (Å²) in [6.07, 6.45) is 10.6. The maximum atomic E-state index is 12.9. The largest absolute Gasteiger partial charge is 0.494 e. The SMILES string of the molecule is CCCCOc1ccc(CCNC(=O)CCNC(=O)C23CC4CC(CC(C4)C2)C3)cc1. The summed E-state index contributed by atoms with van der Waals surface area (Å²) in [5, 5.41) is 6.07. The number of carbonyl (C=O) groups is 2. The molecule has 0 heterocycles. The lowest BCUT2D eigenvalue weighted by Gasteiger charge is -2.55. The lowest BCUT2D eigenvalue weighted by atomic mass is 9.49. The molecule has 4 bridgehead atoms. The van der Waals surface area contributed by atoms with Crippen LogP contribution in [-0.4, -0.2) is 31.5 Å².